The van der Waals surface area contributed by atoms with Crippen molar-refractivity contribution in [2.45, 2.75) is 6.10 Å². The maximum atomic E-state index is 11.8. The number of esters is 1. The van der Waals surface area contributed by atoms with E-state index in [0.717, 1.165) is 16.8 Å². The SMILES string of the molecule is COC(=O)c1cccc(-c2cccc(NCCNCC(O)c3cc(Cl)cc(Cl)c3)c2)c1. The number of anilines is 1. The third-order valence-electron chi connectivity index (χ3n) is 4.72. The van der Waals surface area contributed by atoms with E-state index in [2.05, 4.69) is 10.6 Å². The lowest BCUT2D eigenvalue weighted by Gasteiger charge is -2.14. The Balaban J connectivity index is 1.51. The van der Waals surface area contributed by atoms with Crippen molar-refractivity contribution >= 4 is 34.9 Å². The minimum Gasteiger partial charge on any atom is -0.465 e. The summed E-state index contributed by atoms with van der Waals surface area (Å²) in [5.41, 5.74) is 4.09. The van der Waals surface area contributed by atoms with Crippen LogP contribution in [0.3, 0.4) is 0 Å². The summed E-state index contributed by atoms with van der Waals surface area (Å²) < 4.78 is 4.79. The second-order valence-electron chi connectivity index (χ2n) is 7.00. The molecule has 0 bridgehead atoms. The second-order valence-corrected chi connectivity index (χ2v) is 7.88. The molecule has 5 nitrogen and oxygen atoms in total. The van der Waals surface area contributed by atoms with Crippen LogP contribution in [0.1, 0.15) is 22.0 Å². The molecule has 0 saturated carbocycles. The largest absolute Gasteiger partial charge is 0.465 e. The van der Waals surface area contributed by atoms with Crippen LogP contribution < -0.4 is 10.6 Å². The van der Waals surface area contributed by atoms with E-state index in [9.17, 15) is 9.90 Å². The average Bonchev–Trinajstić information content (AvgIpc) is 2.77. The fourth-order valence-corrected chi connectivity index (χ4v) is 3.71. The zero-order chi connectivity index (χ0) is 22.2. The van der Waals surface area contributed by atoms with Gasteiger partial charge in [-0.2, -0.15) is 0 Å². The van der Waals surface area contributed by atoms with Crippen LogP contribution in [0.5, 0.6) is 0 Å². The lowest BCUT2D eigenvalue weighted by molar-refractivity contribution is 0.0601. The van der Waals surface area contributed by atoms with Crippen LogP contribution in [0.4, 0.5) is 5.69 Å². The van der Waals surface area contributed by atoms with E-state index in [0.29, 0.717) is 40.8 Å². The van der Waals surface area contributed by atoms with Gasteiger partial charge >= 0.3 is 5.97 Å². The minimum atomic E-state index is -0.693. The molecular weight excluding hydrogens is 435 g/mol. The summed E-state index contributed by atoms with van der Waals surface area (Å²) in [4.78, 5) is 11.8. The number of halogens is 2. The number of hydrogen-bond acceptors (Lipinski definition) is 5. The number of ether oxygens (including phenoxy) is 1. The van der Waals surface area contributed by atoms with Crippen LogP contribution in [-0.4, -0.2) is 37.8 Å². The second kappa shape index (κ2) is 11.2. The van der Waals surface area contributed by atoms with E-state index >= 15 is 0 Å². The number of rotatable bonds is 9. The molecule has 31 heavy (non-hydrogen) atoms. The zero-order valence-electron chi connectivity index (χ0n) is 17.1. The Morgan fingerprint density at radius 1 is 0.968 bits per heavy atom. The van der Waals surface area contributed by atoms with Gasteiger partial charge in [0.1, 0.15) is 0 Å². The highest BCUT2D eigenvalue weighted by atomic mass is 35.5. The van der Waals surface area contributed by atoms with Crippen molar-refractivity contribution in [2.24, 2.45) is 0 Å². The summed E-state index contributed by atoms with van der Waals surface area (Å²) >= 11 is 12.0. The number of carbonyl (C=O) groups is 1. The summed E-state index contributed by atoms with van der Waals surface area (Å²) in [6.07, 6.45) is -0.693. The molecule has 0 aromatic heterocycles. The van der Waals surface area contributed by atoms with Crippen molar-refractivity contribution in [3.63, 3.8) is 0 Å². The number of carbonyl (C=O) groups excluding carboxylic acids is 1. The molecular formula is C24H24Cl2N2O3. The molecule has 0 spiro atoms. The molecule has 0 aliphatic rings. The lowest BCUT2D eigenvalue weighted by Crippen LogP contribution is -2.26. The monoisotopic (exact) mass is 458 g/mol. The number of aliphatic hydroxyl groups excluding tert-OH is 1. The van der Waals surface area contributed by atoms with Crippen molar-refractivity contribution in [1.82, 2.24) is 5.32 Å². The molecule has 0 aliphatic carbocycles. The third kappa shape index (κ3) is 6.71. The van der Waals surface area contributed by atoms with Crippen molar-refractivity contribution in [2.75, 3.05) is 32.1 Å². The predicted octanol–water partition coefficient (Wildman–Crippen LogP) is 5.18. The van der Waals surface area contributed by atoms with Gasteiger partial charge in [-0.05, 0) is 59.2 Å². The summed E-state index contributed by atoms with van der Waals surface area (Å²) in [6, 6.07) is 20.4. The van der Waals surface area contributed by atoms with Gasteiger partial charge in [0.25, 0.3) is 0 Å². The molecule has 7 heteroatoms. The van der Waals surface area contributed by atoms with Crippen LogP contribution in [0.25, 0.3) is 11.1 Å². The van der Waals surface area contributed by atoms with Crippen LogP contribution in [0.15, 0.2) is 66.7 Å². The van der Waals surface area contributed by atoms with Crippen molar-refractivity contribution in [3.8, 4) is 11.1 Å². The van der Waals surface area contributed by atoms with Gasteiger partial charge in [0.05, 0.1) is 18.8 Å². The number of aliphatic hydroxyl groups is 1. The topological polar surface area (TPSA) is 70.6 Å². The summed E-state index contributed by atoms with van der Waals surface area (Å²) in [7, 11) is 1.37. The molecule has 3 aromatic carbocycles. The van der Waals surface area contributed by atoms with Crippen LogP contribution in [0.2, 0.25) is 10.0 Å². The van der Waals surface area contributed by atoms with Crippen LogP contribution >= 0.6 is 23.2 Å². The van der Waals surface area contributed by atoms with E-state index in [1.807, 2.05) is 42.5 Å². The number of hydrogen-bond donors (Lipinski definition) is 3. The normalized spacial score (nSPS) is 11.7. The molecule has 3 rings (SSSR count). The highest BCUT2D eigenvalue weighted by Gasteiger charge is 2.09. The maximum Gasteiger partial charge on any atom is 0.337 e. The van der Waals surface area contributed by atoms with Gasteiger partial charge in [-0.15, -0.1) is 0 Å². The fourth-order valence-electron chi connectivity index (χ4n) is 3.17. The van der Waals surface area contributed by atoms with E-state index in [4.69, 9.17) is 27.9 Å². The number of benzene rings is 3. The molecule has 1 atom stereocenters. The molecule has 0 radical (unpaired) electrons. The summed E-state index contributed by atoms with van der Waals surface area (Å²) in [5.74, 6) is -0.357. The first-order chi connectivity index (χ1) is 15.0. The van der Waals surface area contributed by atoms with Gasteiger partial charge in [-0.25, -0.2) is 4.79 Å². The predicted molar refractivity (Wildman–Crippen MR) is 126 cm³/mol. The molecule has 0 aliphatic heterocycles. The summed E-state index contributed by atoms with van der Waals surface area (Å²) in [6.45, 7) is 1.72. The van der Waals surface area contributed by atoms with Crippen molar-refractivity contribution in [3.05, 3.63) is 87.9 Å². The molecule has 0 fully saturated rings. The smallest absolute Gasteiger partial charge is 0.337 e. The number of nitrogens with one attached hydrogen (secondary N) is 2. The van der Waals surface area contributed by atoms with E-state index in [1.54, 1.807) is 24.3 Å². The number of methoxy groups -OCH3 is 1. The van der Waals surface area contributed by atoms with E-state index in [1.165, 1.54) is 7.11 Å². The Morgan fingerprint density at radius 2 is 1.65 bits per heavy atom. The van der Waals surface area contributed by atoms with E-state index < -0.39 is 6.10 Å². The average molecular weight is 459 g/mol. The Labute approximate surface area is 192 Å². The molecule has 3 N–H and O–H groups in total. The molecule has 0 amide bonds. The standard InChI is InChI=1S/C24H24Cl2N2O3/c1-31-24(30)18-6-2-4-16(10-18)17-5-3-7-22(13-17)28-9-8-27-15-23(29)19-11-20(25)14-21(26)12-19/h2-7,10-14,23,27-29H,8-9,15H2,1H3. The Bertz CT molecular complexity index is 1020. The van der Waals surface area contributed by atoms with Crippen LogP contribution in [-0.2, 0) is 4.74 Å². The van der Waals surface area contributed by atoms with Gasteiger partial charge in [0.2, 0.25) is 0 Å². The first kappa shape index (κ1) is 23.1. The Morgan fingerprint density at radius 3 is 2.35 bits per heavy atom. The van der Waals surface area contributed by atoms with Gasteiger partial charge in [-0.1, -0.05) is 47.5 Å². The molecule has 3 aromatic rings. The first-order valence-corrected chi connectivity index (χ1v) is 10.6. The van der Waals surface area contributed by atoms with Crippen molar-refractivity contribution < 1.29 is 14.6 Å². The quantitative estimate of drug-likeness (QED) is 0.304. The highest BCUT2D eigenvalue weighted by molar-refractivity contribution is 6.34. The van der Waals surface area contributed by atoms with Gasteiger partial charge < -0.3 is 20.5 Å². The molecule has 0 heterocycles. The maximum absolute atomic E-state index is 11.8. The highest BCUT2D eigenvalue weighted by Crippen LogP contribution is 2.24. The van der Waals surface area contributed by atoms with Gasteiger partial charge in [0.15, 0.2) is 0 Å². The fraction of sp³-hybridized carbons (Fsp3) is 0.208. The zero-order valence-corrected chi connectivity index (χ0v) is 18.6. The van der Waals surface area contributed by atoms with Crippen molar-refractivity contribution in [1.29, 1.82) is 0 Å². The first-order valence-electron chi connectivity index (χ1n) is 9.84. The Kier molecular flexibility index (Phi) is 8.32. The summed E-state index contributed by atoms with van der Waals surface area (Å²) in [5, 5.41) is 17.9. The Hall–Kier alpha value is -2.57. The third-order valence-corrected chi connectivity index (χ3v) is 5.15. The lowest BCUT2D eigenvalue weighted by atomic mass is 10.0. The molecule has 1 unspecified atom stereocenters. The van der Waals surface area contributed by atoms with Gasteiger partial charge in [-0.3, -0.25) is 0 Å². The van der Waals surface area contributed by atoms with Gasteiger partial charge in [0, 0.05) is 35.4 Å². The minimum absolute atomic E-state index is 0.357. The molecule has 162 valence electrons. The van der Waals surface area contributed by atoms with Crippen LogP contribution in [0, 0.1) is 0 Å². The molecule has 0 saturated heterocycles. The van der Waals surface area contributed by atoms with E-state index in [-0.39, 0.29) is 5.97 Å².